The number of nitrogens with one attached hydrogen (secondary N) is 1. The molecular weight excluding hydrogens is 570 g/mol. The Balaban J connectivity index is 1.45. The third kappa shape index (κ3) is 5.99. The lowest BCUT2D eigenvalue weighted by atomic mass is 9.72. The second-order valence-corrected chi connectivity index (χ2v) is 13.4. The van der Waals surface area contributed by atoms with Gasteiger partial charge in [-0.25, -0.2) is 4.99 Å². The highest BCUT2D eigenvalue weighted by Gasteiger charge is 2.33. The maximum Gasteiger partial charge on any atom is 0.259 e. The van der Waals surface area contributed by atoms with E-state index in [0.29, 0.717) is 28.0 Å². The van der Waals surface area contributed by atoms with Crippen LogP contribution in [0.5, 0.6) is 0 Å². The first-order valence-corrected chi connectivity index (χ1v) is 15.0. The van der Waals surface area contributed by atoms with Crippen molar-refractivity contribution in [2.24, 2.45) is 16.3 Å². The number of benzene rings is 1. The second kappa shape index (κ2) is 11.0. The number of carbonyl (C=O) groups is 1. The monoisotopic (exact) mass is 601 g/mol. The highest BCUT2D eigenvalue weighted by molar-refractivity contribution is 9.10. The molecule has 2 aliphatic rings. The fraction of sp³-hybridized carbons (Fsp3) is 0.448. The normalized spacial score (nSPS) is 18.3. The predicted octanol–water partition coefficient (Wildman–Crippen LogP) is 8.90. The van der Waals surface area contributed by atoms with Crippen molar-refractivity contribution < 1.29 is 9.21 Å². The maximum absolute atomic E-state index is 13.6. The Bertz CT molecular complexity index is 1300. The Kier molecular flexibility index (Phi) is 7.85. The van der Waals surface area contributed by atoms with Crippen molar-refractivity contribution in [2.75, 3.05) is 23.3 Å². The molecule has 1 atom stereocenters. The van der Waals surface area contributed by atoms with Gasteiger partial charge in [-0.05, 0) is 95.6 Å². The zero-order valence-corrected chi connectivity index (χ0v) is 24.7. The molecule has 0 bridgehead atoms. The average molecular weight is 603 g/mol. The molecule has 5 nitrogen and oxygen atoms in total. The molecule has 1 saturated heterocycles. The van der Waals surface area contributed by atoms with Gasteiger partial charge in [-0.15, -0.1) is 11.3 Å². The van der Waals surface area contributed by atoms with Gasteiger partial charge in [-0.2, -0.15) is 0 Å². The summed E-state index contributed by atoms with van der Waals surface area (Å²) < 4.78 is 7.11. The van der Waals surface area contributed by atoms with Crippen LogP contribution in [0.3, 0.4) is 0 Å². The van der Waals surface area contributed by atoms with Crippen molar-refractivity contribution in [3.63, 3.8) is 0 Å². The fourth-order valence-corrected chi connectivity index (χ4v) is 7.19. The van der Waals surface area contributed by atoms with Crippen molar-refractivity contribution in [3.05, 3.63) is 61.6 Å². The summed E-state index contributed by atoms with van der Waals surface area (Å²) >= 11 is 11.3. The van der Waals surface area contributed by atoms with Crippen LogP contribution in [-0.2, 0) is 12.8 Å². The molecule has 3 aromatic rings. The van der Waals surface area contributed by atoms with E-state index in [0.717, 1.165) is 53.3 Å². The number of aliphatic imine (C=N–C) groups is 1. The number of halogens is 2. The van der Waals surface area contributed by atoms with Crippen LogP contribution in [0, 0.1) is 11.3 Å². The Morgan fingerprint density at radius 3 is 2.65 bits per heavy atom. The molecule has 37 heavy (non-hydrogen) atoms. The molecule has 3 heterocycles. The van der Waals surface area contributed by atoms with Crippen LogP contribution in [0.2, 0.25) is 5.02 Å². The van der Waals surface area contributed by atoms with Crippen molar-refractivity contribution in [2.45, 2.75) is 59.3 Å². The molecule has 0 saturated carbocycles. The Labute approximate surface area is 236 Å². The summed E-state index contributed by atoms with van der Waals surface area (Å²) in [6.07, 6.45) is 8.31. The quantitative estimate of drug-likeness (QED) is 0.297. The molecule has 1 aliphatic carbocycles. The third-order valence-corrected chi connectivity index (χ3v) is 9.42. The largest absolute Gasteiger partial charge is 0.438 e. The molecule has 1 aromatic carbocycles. The number of fused-ring (bicyclic) bond motifs is 1. The Morgan fingerprint density at radius 2 is 1.95 bits per heavy atom. The molecule has 2 aromatic heterocycles. The summed E-state index contributed by atoms with van der Waals surface area (Å²) in [7, 11) is 0. The number of piperidine rings is 1. The molecule has 5 rings (SSSR count). The van der Waals surface area contributed by atoms with E-state index < -0.39 is 0 Å². The van der Waals surface area contributed by atoms with E-state index in [1.165, 1.54) is 24.1 Å². The zero-order chi connectivity index (χ0) is 26.2. The fourth-order valence-electron chi connectivity index (χ4n) is 5.24. The van der Waals surface area contributed by atoms with Crippen LogP contribution >= 0.6 is 38.9 Å². The number of amides is 1. The van der Waals surface area contributed by atoms with E-state index in [1.54, 1.807) is 29.7 Å². The van der Waals surface area contributed by atoms with Crippen LogP contribution in [0.15, 0.2) is 44.2 Å². The topological polar surface area (TPSA) is 57.8 Å². The molecule has 1 amide bonds. The van der Waals surface area contributed by atoms with Crippen LogP contribution < -0.4 is 10.2 Å². The van der Waals surface area contributed by atoms with Gasteiger partial charge in [0.15, 0.2) is 0 Å². The second-order valence-electron chi connectivity index (χ2n) is 11.1. The minimum Gasteiger partial charge on any atom is -0.438 e. The number of hydrogen-bond acceptors (Lipinski definition) is 5. The van der Waals surface area contributed by atoms with Gasteiger partial charge in [0.1, 0.15) is 10.8 Å². The predicted molar refractivity (Wildman–Crippen MR) is 158 cm³/mol. The lowest BCUT2D eigenvalue weighted by Crippen LogP contribution is -2.29. The highest BCUT2D eigenvalue weighted by atomic mass is 79.9. The minimum atomic E-state index is -0.129. The molecule has 0 spiro atoms. The van der Waals surface area contributed by atoms with Gasteiger partial charge in [0.05, 0.1) is 16.3 Å². The molecule has 1 aliphatic heterocycles. The van der Waals surface area contributed by atoms with Gasteiger partial charge >= 0.3 is 0 Å². The summed E-state index contributed by atoms with van der Waals surface area (Å²) in [6.45, 7) is 8.92. The highest BCUT2D eigenvalue weighted by Crippen LogP contribution is 2.45. The standard InChI is InChI=1S/C29H33BrClN3O2S/c1-29(2,3)18-7-12-22-24(15-18)37-27(25(22)26(35)33-20-10-8-19(31)9-11-20)32-17-21-16-23(30)28(36-21)34-13-5-4-6-14-34/h8-11,16-18H,4-7,12-15H2,1-3H3,(H,33,35)/t18-/m1/s1. The molecule has 196 valence electrons. The summed E-state index contributed by atoms with van der Waals surface area (Å²) in [5.41, 5.74) is 2.76. The van der Waals surface area contributed by atoms with Crippen LogP contribution in [0.4, 0.5) is 16.6 Å². The molecule has 0 unspecified atom stereocenters. The van der Waals surface area contributed by atoms with E-state index in [4.69, 9.17) is 21.0 Å². The Morgan fingerprint density at radius 1 is 1.22 bits per heavy atom. The van der Waals surface area contributed by atoms with Gasteiger partial charge < -0.3 is 14.6 Å². The first-order valence-electron chi connectivity index (χ1n) is 13.0. The molecule has 1 N–H and O–H groups in total. The summed E-state index contributed by atoms with van der Waals surface area (Å²) in [6, 6.07) is 9.16. The van der Waals surface area contributed by atoms with Gasteiger partial charge in [-0.3, -0.25) is 4.79 Å². The van der Waals surface area contributed by atoms with Crippen LogP contribution in [0.25, 0.3) is 0 Å². The first-order chi connectivity index (χ1) is 17.7. The van der Waals surface area contributed by atoms with E-state index in [9.17, 15) is 4.79 Å². The lowest BCUT2D eigenvalue weighted by molar-refractivity contribution is 0.102. The van der Waals surface area contributed by atoms with E-state index >= 15 is 0 Å². The summed E-state index contributed by atoms with van der Waals surface area (Å²) in [5, 5.41) is 4.43. The van der Waals surface area contributed by atoms with Crippen LogP contribution in [0.1, 0.15) is 73.0 Å². The summed E-state index contributed by atoms with van der Waals surface area (Å²) in [5.74, 6) is 1.99. The van der Waals surface area contributed by atoms with Crippen molar-refractivity contribution in [1.29, 1.82) is 0 Å². The SMILES string of the molecule is CC(C)(C)[C@@H]1CCc2c(sc(N=Cc3cc(Br)c(N4CCCCC4)o3)c2C(=O)Nc2ccc(Cl)cc2)C1. The number of thiophene rings is 1. The Hall–Kier alpha value is -2.09. The molecule has 8 heteroatoms. The van der Waals surface area contributed by atoms with Crippen molar-refractivity contribution in [3.8, 4) is 0 Å². The smallest absolute Gasteiger partial charge is 0.259 e. The van der Waals surface area contributed by atoms with Gasteiger partial charge in [0.2, 0.25) is 5.88 Å². The third-order valence-electron chi connectivity index (χ3n) is 7.44. The van der Waals surface area contributed by atoms with Gasteiger partial charge in [0.25, 0.3) is 5.91 Å². The molecule has 0 radical (unpaired) electrons. The minimum absolute atomic E-state index is 0.129. The number of nitrogens with zero attached hydrogens (tertiary/aromatic N) is 2. The molecule has 1 fully saturated rings. The number of hydrogen-bond donors (Lipinski definition) is 1. The van der Waals surface area contributed by atoms with Gasteiger partial charge in [-0.1, -0.05) is 32.4 Å². The lowest BCUT2D eigenvalue weighted by Gasteiger charge is -2.33. The van der Waals surface area contributed by atoms with E-state index in [1.807, 2.05) is 18.2 Å². The maximum atomic E-state index is 13.6. The van der Waals surface area contributed by atoms with Gasteiger partial charge in [0, 0.05) is 34.7 Å². The number of anilines is 2. The first kappa shape index (κ1) is 26.5. The summed E-state index contributed by atoms with van der Waals surface area (Å²) in [4.78, 5) is 21.9. The number of carbonyl (C=O) groups excluding carboxylic acids is 1. The van der Waals surface area contributed by atoms with E-state index in [2.05, 4.69) is 46.9 Å². The zero-order valence-electron chi connectivity index (χ0n) is 21.6. The van der Waals surface area contributed by atoms with E-state index in [-0.39, 0.29) is 11.3 Å². The van der Waals surface area contributed by atoms with Crippen molar-refractivity contribution in [1.82, 2.24) is 0 Å². The number of rotatable bonds is 5. The molecular formula is C29H33BrClN3O2S. The van der Waals surface area contributed by atoms with Crippen LogP contribution in [-0.4, -0.2) is 25.2 Å². The average Bonchev–Trinajstić information content (AvgIpc) is 3.43. The number of furan rings is 1. The van der Waals surface area contributed by atoms with Crippen molar-refractivity contribution >= 4 is 67.6 Å².